The molecule has 0 spiro atoms. The molecular weight excluding hydrogens is 258 g/mol. The molecule has 19 heavy (non-hydrogen) atoms. The maximum Gasteiger partial charge on any atom is 0.262 e. The molecule has 0 fully saturated rings. The molecule has 4 nitrogen and oxygen atoms in total. The number of phenols is 1. The van der Waals surface area contributed by atoms with Crippen molar-refractivity contribution >= 4 is 14.0 Å². The number of ether oxygens (including phenoxy) is 1. The average molecular weight is 281 g/mol. The largest absolute Gasteiger partial charge is 0.508 e. The lowest BCUT2D eigenvalue weighted by molar-refractivity contribution is -0.135. The summed E-state index contributed by atoms with van der Waals surface area (Å²) in [6.07, 6.45) is 0.292. The third kappa shape index (κ3) is 5.34. The van der Waals surface area contributed by atoms with Crippen LogP contribution < -0.4 is 4.74 Å². The Kier molecular flexibility index (Phi) is 5.00. The Bertz CT molecular complexity index is 425. The van der Waals surface area contributed by atoms with Crippen LogP contribution in [0.1, 0.15) is 6.92 Å². The molecule has 1 aromatic rings. The van der Waals surface area contributed by atoms with Gasteiger partial charge >= 0.3 is 0 Å². The molecule has 1 N–H and O–H groups in total. The van der Waals surface area contributed by atoms with Gasteiger partial charge in [0.15, 0.2) is 6.10 Å². The Balaban J connectivity index is 2.59. The number of benzene rings is 1. The second-order valence-corrected chi connectivity index (χ2v) is 11.4. The molecule has 0 radical (unpaired) electrons. The third-order valence-electron chi connectivity index (χ3n) is 2.59. The number of hydrogen-bond acceptors (Lipinski definition) is 3. The summed E-state index contributed by atoms with van der Waals surface area (Å²) in [6, 6.07) is 6.38. The lowest BCUT2D eigenvalue weighted by Gasteiger charge is -2.27. The molecule has 0 bridgehead atoms. The van der Waals surface area contributed by atoms with Gasteiger partial charge in [0.25, 0.3) is 5.91 Å². The van der Waals surface area contributed by atoms with Gasteiger partial charge in [-0.25, -0.2) is 0 Å². The van der Waals surface area contributed by atoms with Crippen LogP contribution in [-0.2, 0) is 4.79 Å². The van der Waals surface area contributed by atoms with E-state index in [4.69, 9.17) is 4.74 Å². The summed E-state index contributed by atoms with van der Waals surface area (Å²) in [7, 11) is 0.505. The summed E-state index contributed by atoms with van der Waals surface area (Å²) in [5.74, 6) is 0.748. The van der Waals surface area contributed by atoms with Crippen molar-refractivity contribution < 1.29 is 14.6 Å². The van der Waals surface area contributed by atoms with Crippen molar-refractivity contribution in [1.82, 2.24) is 4.90 Å². The van der Waals surface area contributed by atoms with E-state index in [2.05, 4.69) is 19.6 Å². The number of aromatic hydroxyl groups is 1. The fourth-order valence-electron chi connectivity index (χ4n) is 1.88. The van der Waals surface area contributed by atoms with E-state index >= 15 is 0 Å². The zero-order valence-electron chi connectivity index (χ0n) is 12.3. The van der Waals surface area contributed by atoms with Crippen molar-refractivity contribution in [3.05, 3.63) is 24.3 Å². The summed E-state index contributed by atoms with van der Waals surface area (Å²) >= 11 is 0. The third-order valence-corrected chi connectivity index (χ3v) is 4.01. The topological polar surface area (TPSA) is 49.8 Å². The maximum absolute atomic E-state index is 12.2. The minimum Gasteiger partial charge on any atom is -0.508 e. The lowest BCUT2D eigenvalue weighted by atomic mass is 10.3. The van der Waals surface area contributed by atoms with E-state index in [0.717, 1.165) is 6.17 Å². The number of rotatable bonds is 5. The summed E-state index contributed by atoms with van der Waals surface area (Å²) in [5, 5.41) is 9.19. The first-order valence-corrected chi connectivity index (χ1v) is 10.1. The molecular formula is C14H23NO3Si. The molecule has 0 saturated carbocycles. The molecule has 0 heterocycles. The molecule has 0 aromatic heterocycles. The maximum atomic E-state index is 12.2. The zero-order valence-corrected chi connectivity index (χ0v) is 13.3. The quantitative estimate of drug-likeness (QED) is 0.844. The van der Waals surface area contributed by atoms with Crippen molar-refractivity contribution in [1.29, 1.82) is 0 Å². The number of amides is 1. The smallest absolute Gasteiger partial charge is 0.262 e. The van der Waals surface area contributed by atoms with E-state index in [9.17, 15) is 9.90 Å². The lowest BCUT2D eigenvalue weighted by Crippen LogP contribution is -2.45. The molecule has 1 amide bonds. The number of phenolic OH excluding ortho intramolecular Hbond substituents is 1. The highest BCUT2D eigenvalue weighted by Gasteiger charge is 2.24. The van der Waals surface area contributed by atoms with Gasteiger partial charge in [-0.2, -0.15) is 0 Å². The molecule has 1 atom stereocenters. The normalized spacial score (nSPS) is 12.9. The number of nitrogens with zero attached hydrogens (tertiary/aromatic N) is 1. The van der Waals surface area contributed by atoms with Gasteiger partial charge in [-0.15, -0.1) is 0 Å². The first-order chi connectivity index (χ1) is 8.69. The first-order valence-electron chi connectivity index (χ1n) is 6.40. The number of likely N-dealkylation sites (N-methyl/N-ethyl adjacent to an activating group) is 1. The van der Waals surface area contributed by atoms with Gasteiger partial charge < -0.3 is 14.7 Å². The zero-order chi connectivity index (χ0) is 14.6. The monoisotopic (exact) mass is 281 g/mol. The molecule has 0 aliphatic carbocycles. The van der Waals surface area contributed by atoms with Crippen LogP contribution in [0.2, 0.25) is 19.6 Å². The van der Waals surface area contributed by atoms with Crippen molar-refractivity contribution in [2.75, 3.05) is 13.2 Å². The highest BCUT2D eigenvalue weighted by molar-refractivity contribution is 6.76. The molecule has 1 aromatic carbocycles. The van der Waals surface area contributed by atoms with Crippen molar-refractivity contribution in [3.63, 3.8) is 0 Å². The Labute approximate surface area is 116 Å². The van der Waals surface area contributed by atoms with Crippen LogP contribution in [0.25, 0.3) is 0 Å². The average Bonchev–Trinajstić information content (AvgIpc) is 2.28. The molecule has 0 aliphatic heterocycles. The van der Waals surface area contributed by atoms with E-state index in [1.54, 1.807) is 24.0 Å². The SMILES string of the molecule is CC(Oc1ccc(O)cc1)C(=O)N(C)C[Si](C)(C)C. The first kappa shape index (κ1) is 15.6. The number of carbonyl (C=O) groups is 1. The standard InChI is InChI=1S/C14H23NO3Si/c1-11(14(17)15(2)10-19(3,4)5)18-13-8-6-12(16)7-9-13/h6-9,11,16H,10H2,1-5H3. The van der Waals surface area contributed by atoms with E-state index < -0.39 is 14.2 Å². The van der Waals surface area contributed by atoms with Crippen molar-refractivity contribution in [3.8, 4) is 11.5 Å². The van der Waals surface area contributed by atoms with E-state index in [1.807, 2.05) is 7.05 Å². The Morgan fingerprint density at radius 3 is 2.32 bits per heavy atom. The molecule has 5 heteroatoms. The highest BCUT2D eigenvalue weighted by atomic mass is 28.3. The predicted molar refractivity (Wildman–Crippen MR) is 79.2 cm³/mol. The fraction of sp³-hybridized carbons (Fsp3) is 0.500. The predicted octanol–water partition coefficient (Wildman–Crippen LogP) is 2.50. The van der Waals surface area contributed by atoms with Gasteiger partial charge in [-0.05, 0) is 31.2 Å². The Hall–Kier alpha value is -1.49. The summed E-state index contributed by atoms with van der Waals surface area (Å²) in [6.45, 7) is 8.42. The Morgan fingerprint density at radius 2 is 1.84 bits per heavy atom. The summed E-state index contributed by atoms with van der Waals surface area (Å²) in [5.41, 5.74) is 0. The van der Waals surface area contributed by atoms with Crippen LogP contribution >= 0.6 is 0 Å². The summed E-state index contributed by atoms with van der Waals surface area (Å²) in [4.78, 5) is 13.9. The molecule has 1 unspecified atom stereocenters. The highest BCUT2D eigenvalue weighted by Crippen LogP contribution is 2.17. The number of carbonyl (C=O) groups excluding carboxylic acids is 1. The van der Waals surface area contributed by atoms with E-state index in [1.165, 1.54) is 12.1 Å². The van der Waals surface area contributed by atoms with Gasteiger partial charge in [-0.3, -0.25) is 4.79 Å². The van der Waals surface area contributed by atoms with Crippen LogP contribution in [0.5, 0.6) is 11.5 Å². The molecule has 0 saturated heterocycles. The van der Waals surface area contributed by atoms with Gasteiger partial charge in [0.2, 0.25) is 0 Å². The number of hydrogen-bond donors (Lipinski definition) is 1. The molecule has 1 rings (SSSR count). The van der Waals surface area contributed by atoms with Crippen molar-refractivity contribution in [2.45, 2.75) is 32.7 Å². The minimum absolute atomic E-state index is 0.0181. The van der Waals surface area contributed by atoms with Gasteiger partial charge in [-0.1, -0.05) is 19.6 Å². The molecule has 106 valence electrons. The van der Waals surface area contributed by atoms with Crippen LogP contribution in [-0.4, -0.2) is 43.3 Å². The van der Waals surface area contributed by atoms with E-state index in [-0.39, 0.29) is 11.7 Å². The van der Waals surface area contributed by atoms with Crippen LogP contribution in [0.3, 0.4) is 0 Å². The van der Waals surface area contributed by atoms with Gasteiger partial charge in [0.1, 0.15) is 11.5 Å². The van der Waals surface area contributed by atoms with Crippen LogP contribution in [0, 0.1) is 0 Å². The van der Waals surface area contributed by atoms with Crippen molar-refractivity contribution in [2.24, 2.45) is 0 Å². The summed E-state index contributed by atoms with van der Waals surface area (Å²) < 4.78 is 5.58. The van der Waals surface area contributed by atoms with Crippen LogP contribution in [0.15, 0.2) is 24.3 Å². The minimum atomic E-state index is -1.31. The van der Waals surface area contributed by atoms with Crippen LogP contribution in [0.4, 0.5) is 0 Å². The second kappa shape index (κ2) is 6.10. The second-order valence-electron chi connectivity index (χ2n) is 6.01. The van der Waals surface area contributed by atoms with Gasteiger partial charge in [0.05, 0.1) is 8.07 Å². The fourth-order valence-corrected chi connectivity index (χ4v) is 3.46. The van der Waals surface area contributed by atoms with Gasteiger partial charge in [0, 0.05) is 13.2 Å². The van der Waals surface area contributed by atoms with E-state index in [0.29, 0.717) is 5.75 Å². The molecule has 0 aliphatic rings. The Morgan fingerprint density at radius 1 is 1.32 bits per heavy atom.